The maximum absolute atomic E-state index is 11.8. The minimum atomic E-state index is -0.355. The second-order valence-electron chi connectivity index (χ2n) is 4.74. The summed E-state index contributed by atoms with van der Waals surface area (Å²) in [4.78, 5) is 15.7. The maximum Gasteiger partial charge on any atom is 0.222 e. The highest BCUT2D eigenvalue weighted by Crippen LogP contribution is 2.29. The van der Waals surface area contributed by atoms with E-state index in [-0.39, 0.29) is 18.1 Å². The van der Waals surface area contributed by atoms with Crippen LogP contribution in [-0.4, -0.2) is 32.7 Å². The number of rotatable bonds is 5. The number of hydrogen-bond acceptors (Lipinski definition) is 3. The Balaban J connectivity index is 1.80. The summed E-state index contributed by atoms with van der Waals surface area (Å²) >= 11 is 0. The summed E-state index contributed by atoms with van der Waals surface area (Å²) in [6, 6.07) is 0. The quantitative estimate of drug-likeness (QED) is 0.792. The van der Waals surface area contributed by atoms with Gasteiger partial charge in [0.25, 0.3) is 0 Å². The molecule has 94 valence electrons. The van der Waals surface area contributed by atoms with Crippen molar-refractivity contribution < 1.29 is 9.90 Å². The normalized spacial score (nSPS) is 18.2. The number of nitrogens with zero attached hydrogens (tertiary/aromatic N) is 2. The molecule has 0 unspecified atom stereocenters. The van der Waals surface area contributed by atoms with Gasteiger partial charge in [0.15, 0.2) is 0 Å². The predicted molar refractivity (Wildman–Crippen MR) is 63.3 cm³/mol. The fourth-order valence-corrected chi connectivity index (χ4v) is 2.38. The molecule has 5 nitrogen and oxygen atoms in total. The fourth-order valence-electron chi connectivity index (χ4n) is 2.38. The largest absolute Gasteiger partial charge is 0.394 e. The molecule has 2 rings (SSSR count). The molecule has 5 heteroatoms. The van der Waals surface area contributed by atoms with Crippen molar-refractivity contribution >= 4 is 5.91 Å². The molecule has 0 spiro atoms. The van der Waals surface area contributed by atoms with Crippen LogP contribution in [0.3, 0.4) is 0 Å². The van der Waals surface area contributed by atoms with Crippen molar-refractivity contribution in [2.24, 2.45) is 0 Å². The molecule has 0 radical (unpaired) electrons. The van der Waals surface area contributed by atoms with Gasteiger partial charge in [0, 0.05) is 25.4 Å². The van der Waals surface area contributed by atoms with E-state index >= 15 is 0 Å². The van der Waals surface area contributed by atoms with E-state index in [0.717, 1.165) is 25.7 Å². The number of nitrogens with one attached hydrogen (secondary N) is 1. The van der Waals surface area contributed by atoms with Gasteiger partial charge in [-0.1, -0.05) is 12.8 Å². The van der Waals surface area contributed by atoms with E-state index in [1.54, 1.807) is 12.5 Å². The van der Waals surface area contributed by atoms with E-state index in [9.17, 15) is 9.90 Å². The Bertz CT molecular complexity index is 356. The van der Waals surface area contributed by atoms with Gasteiger partial charge in [0.1, 0.15) is 0 Å². The predicted octanol–water partition coefficient (Wildman–Crippen LogP) is 0.694. The first-order chi connectivity index (χ1) is 8.24. The van der Waals surface area contributed by atoms with Crippen LogP contribution in [0.4, 0.5) is 0 Å². The van der Waals surface area contributed by atoms with Crippen LogP contribution in [0.1, 0.15) is 32.1 Å². The molecule has 1 aliphatic carbocycles. The lowest BCUT2D eigenvalue weighted by Gasteiger charge is -2.28. The van der Waals surface area contributed by atoms with Gasteiger partial charge < -0.3 is 15.0 Å². The van der Waals surface area contributed by atoms with Crippen molar-refractivity contribution in [2.45, 2.75) is 44.2 Å². The van der Waals surface area contributed by atoms with Crippen molar-refractivity contribution in [3.8, 4) is 0 Å². The first kappa shape index (κ1) is 12.1. The second kappa shape index (κ2) is 5.31. The molecule has 1 aliphatic rings. The van der Waals surface area contributed by atoms with Gasteiger partial charge in [0.05, 0.1) is 18.5 Å². The molecule has 0 aromatic carbocycles. The fraction of sp³-hybridized carbons (Fsp3) is 0.667. The molecular weight excluding hydrogens is 218 g/mol. The number of amides is 1. The van der Waals surface area contributed by atoms with Gasteiger partial charge in [-0.05, 0) is 12.8 Å². The molecule has 1 aromatic rings. The molecule has 17 heavy (non-hydrogen) atoms. The minimum Gasteiger partial charge on any atom is -0.394 e. The summed E-state index contributed by atoms with van der Waals surface area (Å²) in [7, 11) is 0. The molecule has 0 atom stereocenters. The number of hydrogen-bond donors (Lipinski definition) is 2. The van der Waals surface area contributed by atoms with E-state index in [1.807, 2.05) is 10.8 Å². The summed E-state index contributed by atoms with van der Waals surface area (Å²) in [5.74, 6) is 0.00894. The van der Waals surface area contributed by atoms with Gasteiger partial charge in [0.2, 0.25) is 5.91 Å². The van der Waals surface area contributed by atoms with E-state index in [1.165, 1.54) is 0 Å². The third-order valence-electron chi connectivity index (χ3n) is 3.42. The highest BCUT2D eigenvalue weighted by Gasteiger charge is 2.34. The van der Waals surface area contributed by atoms with Crippen molar-refractivity contribution in [2.75, 3.05) is 6.61 Å². The molecule has 1 amide bonds. The SMILES string of the molecule is O=C(CCn1ccnc1)NC1(CO)CCCC1. The van der Waals surface area contributed by atoms with Crippen molar-refractivity contribution in [3.05, 3.63) is 18.7 Å². The maximum atomic E-state index is 11.8. The van der Waals surface area contributed by atoms with E-state index in [0.29, 0.717) is 13.0 Å². The zero-order valence-corrected chi connectivity index (χ0v) is 9.93. The second-order valence-corrected chi connectivity index (χ2v) is 4.74. The lowest BCUT2D eigenvalue weighted by Crippen LogP contribution is -2.49. The van der Waals surface area contributed by atoms with Crippen LogP contribution in [0.15, 0.2) is 18.7 Å². The van der Waals surface area contributed by atoms with Gasteiger partial charge in [-0.15, -0.1) is 0 Å². The average molecular weight is 237 g/mol. The van der Waals surface area contributed by atoms with Crippen LogP contribution < -0.4 is 5.32 Å². The first-order valence-corrected chi connectivity index (χ1v) is 6.12. The molecule has 1 aromatic heterocycles. The Morgan fingerprint density at radius 2 is 2.24 bits per heavy atom. The lowest BCUT2D eigenvalue weighted by molar-refractivity contribution is -0.123. The van der Waals surface area contributed by atoms with Gasteiger partial charge in [-0.25, -0.2) is 4.98 Å². The summed E-state index contributed by atoms with van der Waals surface area (Å²) in [5.41, 5.74) is -0.355. The number of imidazole rings is 1. The zero-order valence-electron chi connectivity index (χ0n) is 9.93. The zero-order chi connectivity index (χ0) is 12.1. The summed E-state index contributed by atoms with van der Waals surface area (Å²) in [6.07, 6.45) is 9.61. The molecule has 1 heterocycles. The highest BCUT2D eigenvalue weighted by molar-refractivity contribution is 5.76. The summed E-state index contributed by atoms with van der Waals surface area (Å²) in [6.45, 7) is 0.678. The third-order valence-corrected chi connectivity index (χ3v) is 3.42. The number of aliphatic hydroxyl groups excluding tert-OH is 1. The number of carbonyl (C=O) groups is 1. The van der Waals surface area contributed by atoms with Crippen LogP contribution in [0.2, 0.25) is 0 Å². The summed E-state index contributed by atoms with van der Waals surface area (Å²) < 4.78 is 1.87. The topological polar surface area (TPSA) is 67.2 Å². The Labute approximate surface area is 101 Å². The van der Waals surface area contributed by atoms with Gasteiger partial charge >= 0.3 is 0 Å². The van der Waals surface area contributed by atoms with Crippen LogP contribution in [0.5, 0.6) is 0 Å². The van der Waals surface area contributed by atoms with E-state index in [2.05, 4.69) is 10.3 Å². The van der Waals surface area contributed by atoms with Crippen LogP contribution in [0, 0.1) is 0 Å². The standard InChI is InChI=1S/C12H19N3O2/c16-9-12(4-1-2-5-12)14-11(17)3-7-15-8-6-13-10-15/h6,8,10,16H,1-5,7,9H2,(H,14,17). The first-order valence-electron chi connectivity index (χ1n) is 6.12. The molecule has 0 bridgehead atoms. The molecule has 1 fully saturated rings. The van der Waals surface area contributed by atoms with Crippen molar-refractivity contribution in [3.63, 3.8) is 0 Å². The average Bonchev–Trinajstić information content (AvgIpc) is 2.98. The third kappa shape index (κ3) is 3.06. The summed E-state index contributed by atoms with van der Waals surface area (Å²) in [5, 5.41) is 12.4. The number of aliphatic hydroxyl groups is 1. The van der Waals surface area contributed by atoms with Crippen molar-refractivity contribution in [1.82, 2.24) is 14.9 Å². The van der Waals surface area contributed by atoms with Gasteiger partial charge in [-0.3, -0.25) is 4.79 Å². The van der Waals surface area contributed by atoms with Crippen LogP contribution in [0.25, 0.3) is 0 Å². The molecule has 0 aliphatic heterocycles. The lowest BCUT2D eigenvalue weighted by atomic mass is 9.99. The molecule has 1 saturated carbocycles. The number of carbonyl (C=O) groups excluding carboxylic acids is 1. The Morgan fingerprint density at radius 1 is 1.47 bits per heavy atom. The smallest absolute Gasteiger partial charge is 0.222 e. The van der Waals surface area contributed by atoms with E-state index in [4.69, 9.17) is 0 Å². The Kier molecular flexibility index (Phi) is 3.78. The molecule has 0 saturated heterocycles. The molecule has 2 N–H and O–H groups in total. The van der Waals surface area contributed by atoms with Gasteiger partial charge in [-0.2, -0.15) is 0 Å². The van der Waals surface area contributed by atoms with Crippen LogP contribution >= 0.6 is 0 Å². The number of aromatic nitrogens is 2. The highest BCUT2D eigenvalue weighted by atomic mass is 16.3. The molecular formula is C12H19N3O2. The van der Waals surface area contributed by atoms with Crippen LogP contribution in [-0.2, 0) is 11.3 Å². The Morgan fingerprint density at radius 3 is 2.82 bits per heavy atom. The van der Waals surface area contributed by atoms with E-state index < -0.39 is 0 Å². The number of aryl methyl sites for hydroxylation is 1. The van der Waals surface area contributed by atoms with Crippen molar-refractivity contribution in [1.29, 1.82) is 0 Å². The Hall–Kier alpha value is -1.36. The monoisotopic (exact) mass is 237 g/mol. The minimum absolute atomic E-state index is 0.00894.